The Hall–Kier alpha value is -0.770. The first-order chi connectivity index (χ1) is 9.61. The van der Waals surface area contributed by atoms with Gasteiger partial charge in [0, 0.05) is 6.54 Å². The predicted molar refractivity (Wildman–Crippen MR) is 89.5 cm³/mol. The molecule has 0 aromatic rings. The summed E-state index contributed by atoms with van der Waals surface area (Å²) in [4.78, 5) is 11.7. The fourth-order valence-corrected chi connectivity index (χ4v) is 1.99. The number of hydrogen-bond donors (Lipinski definition) is 2. The van der Waals surface area contributed by atoms with Crippen molar-refractivity contribution in [2.45, 2.75) is 66.9 Å². The van der Waals surface area contributed by atoms with E-state index in [1.54, 1.807) is 0 Å². The lowest BCUT2D eigenvalue weighted by Crippen LogP contribution is -2.39. The van der Waals surface area contributed by atoms with Crippen LogP contribution in [0.4, 0.5) is 4.79 Å². The molecule has 0 radical (unpaired) electrons. The molecule has 0 aliphatic carbocycles. The summed E-state index contributed by atoms with van der Waals surface area (Å²) >= 11 is 0. The Bertz CT molecular complexity index is 283. The molecule has 0 aromatic carbocycles. The van der Waals surface area contributed by atoms with Crippen LogP contribution in [0.15, 0.2) is 0 Å². The van der Waals surface area contributed by atoms with Crippen LogP contribution in [0.3, 0.4) is 0 Å². The van der Waals surface area contributed by atoms with Gasteiger partial charge in [-0.1, -0.05) is 27.7 Å². The second kappa shape index (κ2) is 10.0. The van der Waals surface area contributed by atoms with E-state index in [0.717, 1.165) is 19.0 Å². The van der Waals surface area contributed by atoms with Gasteiger partial charge < -0.3 is 15.4 Å². The van der Waals surface area contributed by atoms with Gasteiger partial charge in [0.2, 0.25) is 0 Å². The van der Waals surface area contributed by atoms with Crippen LogP contribution < -0.4 is 10.6 Å². The maximum absolute atomic E-state index is 11.7. The van der Waals surface area contributed by atoms with Crippen LogP contribution in [0.25, 0.3) is 0 Å². The van der Waals surface area contributed by atoms with Crippen LogP contribution in [0, 0.1) is 17.8 Å². The van der Waals surface area contributed by atoms with Gasteiger partial charge in [-0.2, -0.15) is 0 Å². The molecule has 0 rings (SSSR count). The minimum atomic E-state index is -0.438. The summed E-state index contributed by atoms with van der Waals surface area (Å²) in [5, 5.41) is 6.38. The predicted octanol–water partition coefficient (Wildman–Crippen LogP) is 3.81. The SMILES string of the molecule is CC(C)CCCNCC(CNC(=O)OC(C)(C)C)C(C)C. The van der Waals surface area contributed by atoms with Gasteiger partial charge in [0.05, 0.1) is 0 Å². The molecule has 0 bridgehead atoms. The lowest BCUT2D eigenvalue weighted by atomic mass is 9.95. The highest BCUT2D eigenvalue weighted by molar-refractivity contribution is 5.67. The van der Waals surface area contributed by atoms with E-state index in [1.165, 1.54) is 12.8 Å². The van der Waals surface area contributed by atoms with E-state index in [1.807, 2.05) is 20.8 Å². The molecule has 0 saturated heterocycles. The normalized spacial score (nSPS) is 13.6. The fraction of sp³-hybridized carbons (Fsp3) is 0.941. The van der Waals surface area contributed by atoms with Crippen molar-refractivity contribution in [1.82, 2.24) is 10.6 Å². The molecule has 1 amide bonds. The topological polar surface area (TPSA) is 50.4 Å². The molecule has 0 aliphatic rings. The molecule has 1 unspecified atom stereocenters. The van der Waals surface area contributed by atoms with E-state index in [9.17, 15) is 4.79 Å². The number of hydrogen-bond acceptors (Lipinski definition) is 3. The summed E-state index contributed by atoms with van der Waals surface area (Å²) in [6.45, 7) is 17.2. The van der Waals surface area contributed by atoms with Crippen molar-refractivity contribution >= 4 is 6.09 Å². The molecule has 1 atom stereocenters. The van der Waals surface area contributed by atoms with E-state index in [2.05, 4.69) is 38.3 Å². The Labute approximate surface area is 131 Å². The molecule has 2 N–H and O–H groups in total. The molecule has 0 aliphatic heterocycles. The smallest absolute Gasteiger partial charge is 0.407 e. The lowest BCUT2D eigenvalue weighted by molar-refractivity contribution is 0.0515. The monoisotopic (exact) mass is 300 g/mol. The summed E-state index contributed by atoms with van der Waals surface area (Å²) in [6.07, 6.45) is 2.14. The van der Waals surface area contributed by atoms with Crippen molar-refractivity contribution in [2.24, 2.45) is 17.8 Å². The van der Waals surface area contributed by atoms with Crippen molar-refractivity contribution in [2.75, 3.05) is 19.6 Å². The molecule has 4 heteroatoms. The van der Waals surface area contributed by atoms with E-state index in [4.69, 9.17) is 4.74 Å². The minimum Gasteiger partial charge on any atom is -0.444 e. The van der Waals surface area contributed by atoms with Crippen LogP contribution in [0.5, 0.6) is 0 Å². The molecule has 126 valence electrons. The van der Waals surface area contributed by atoms with Crippen LogP contribution in [-0.2, 0) is 4.74 Å². The van der Waals surface area contributed by atoms with Crippen LogP contribution in [0.2, 0.25) is 0 Å². The van der Waals surface area contributed by atoms with E-state index >= 15 is 0 Å². The van der Waals surface area contributed by atoms with Gasteiger partial charge in [-0.05, 0) is 64.5 Å². The third-order valence-electron chi connectivity index (χ3n) is 3.39. The number of alkyl carbamates (subject to hydrolysis) is 1. The van der Waals surface area contributed by atoms with E-state index in [-0.39, 0.29) is 6.09 Å². The first kappa shape index (κ1) is 20.2. The van der Waals surface area contributed by atoms with Crippen molar-refractivity contribution < 1.29 is 9.53 Å². The van der Waals surface area contributed by atoms with Gasteiger partial charge in [-0.3, -0.25) is 0 Å². The Morgan fingerprint density at radius 3 is 2.19 bits per heavy atom. The van der Waals surface area contributed by atoms with Crippen molar-refractivity contribution in [3.63, 3.8) is 0 Å². The zero-order valence-electron chi connectivity index (χ0n) is 15.1. The summed E-state index contributed by atoms with van der Waals surface area (Å²) in [5.74, 6) is 1.72. The summed E-state index contributed by atoms with van der Waals surface area (Å²) in [6, 6.07) is 0. The average molecular weight is 300 g/mol. The zero-order chi connectivity index (χ0) is 16.5. The zero-order valence-corrected chi connectivity index (χ0v) is 15.1. The Morgan fingerprint density at radius 2 is 1.71 bits per heavy atom. The van der Waals surface area contributed by atoms with Gasteiger partial charge >= 0.3 is 6.09 Å². The van der Waals surface area contributed by atoms with Gasteiger partial charge in [-0.25, -0.2) is 4.79 Å². The quantitative estimate of drug-likeness (QED) is 0.637. The van der Waals surface area contributed by atoms with Crippen molar-refractivity contribution in [3.05, 3.63) is 0 Å². The maximum Gasteiger partial charge on any atom is 0.407 e. The Morgan fingerprint density at radius 1 is 1.10 bits per heavy atom. The molecular weight excluding hydrogens is 264 g/mol. The highest BCUT2D eigenvalue weighted by atomic mass is 16.6. The first-order valence-corrected chi connectivity index (χ1v) is 8.29. The Balaban J connectivity index is 3.95. The molecule has 4 nitrogen and oxygen atoms in total. The number of amides is 1. The van der Waals surface area contributed by atoms with Gasteiger partial charge in [0.25, 0.3) is 0 Å². The second-order valence-electron chi connectivity index (χ2n) is 7.63. The number of rotatable bonds is 9. The number of nitrogens with one attached hydrogen (secondary N) is 2. The second-order valence-corrected chi connectivity index (χ2v) is 7.63. The van der Waals surface area contributed by atoms with Gasteiger partial charge in [0.1, 0.15) is 5.60 Å². The summed E-state index contributed by atoms with van der Waals surface area (Å²) in [7, 11) is 0. The van der Waals surface area contributed by atoms with Crippen molar-refractivity contribution in [1.29, 1.82) is 0 Å². The molecule has 0 fully saturated rings. The molecule has 21 heavy (non-hydrogen) atoms. The Kier molecular flexibility index (Phi) is 9.67. The third kappa shape index (κ3) is 12.7. The van der Waals surface area contributed by atoms with E-state index < -0.39 is 5.60 Å². The standard InChI is InChI=1S/C17H36N2O2/c1-13(2)9-8-10-18-11-15(14(3)4)12-19-16(20)21-17(5,6)7/h13-15,18H,8-12H2,1-7H3,(H,19,20). The van der Waals surface area contributed by atoms with Crippen LogP contribution in [-0.4, -0.2) is 31.3 Å². The summed E-state index contributed by atoms with van der Waals surface area (Å²) in [5.41, 5.74) is -0.438. The summed E-state index contributed by atoms with van der Waals surface area (Å²) < 4.78 is 5.27. The van der Waals surface area contributed by atoms with Crippen LogP contribution >= 0.6 is 0 Å². The highest BCUT2D eigenvalue weighted by Gasteiger charge is 2.18. The van der Waals surface area contributed by atoms with Crippen LogP contribution in [0.1, 0.15) is 61.3 Å². The molecular formula is C17H36N2O2. The van der Waals surface area contributed by atoms with E-state index in [0.29, 0.717) is 18.4 Å². The van der Waals surface area contributed by atoms with Crippen molar-refractivity contribution in [3.8, 4) is 0 Å². The lowest BCUT2D eigenvalue weighted by Gasteiger charge is -2.24. The molecule has 0 saturated carbocycles. The largest absolute Gasteiger partial charge is 0.444 e. The average Bonchev–Trinajstić information content (AvgIpc) is 2.29. The highest BCUT2D eigenvalue weighted by Crippen LogP contribution is 2.10. The molecule has 0 spiro atoms. The first-order valence-electron chi connectivity index (χ1n) is 8.29. The maximum atomic E-state index is 11.7. The molecule has 0 aromatic heterocycles. The third-order valence-corrected chi connectivity index (χ3v) is 3.39. The fourth-order valence-electron chi connectivity index (χ4n) is 1.99. The number of ether oxygens (including phenoxy) is 1. The number of carbonyl (C=O) groups excluding carboxylic acids is 1. The number of carbonyl (C=O) groups is 1. The minimum absolute atomic E-state index is 0.326. The van der Waals surface area contributed by atoms with Gasteiger partial charge in [-0.15, -0.1) is 0 Å². The van der Waals surface area contributed by atoms with Gasteiger partial charge in [0.15, 0.2) is 0 Å². The molecule has 0 heterocycles.